The van der Waals surface area contributed by atoms with Gasteiger partial charge >= 0.3 is 0 Å². The zero-order valence-corrected chi connectivity index (χ0v) is 28.8. The molecule has 0 unspecified atom stereocenters. The van der Waals surface area contributed by atoms with Crippen LogP contribution in [0.5, 0.6) is 0 Å². The summed E-state index contributed by atoms with van der Waals surface area (Å²) >= 11 is 0. The Labute approximate surface area is 271 Å². The Bertz CT molecular complexity index is 1550. The van der Waals surface area contributed by atoms with Crippen LogP contribution in [-0.2, 0) is 37.7 Å². The Morgan fingerprint density at radius 1 is 0.884 bits per heavy atom. The molecule has 0 aliphatic heterocycles. The Morgan fingerprint density at radius 3 is 2.23 bits per heavy atom. The van der Waals surface area contributed by atoms with Gasteiger partial charge in [-0.25, -0.2) is 0 Å². The zero-order chi connectivity index (χ0) is 30.2. The van der Waals surface area contributed by atoms with Crippen molar-refractivity contribution in [1.29, 1.82) is 0 Å². The molecule has 2 aromatic carbocycles. The quantitative estimate of drug-likeness (QED) is 0.105. The number of nitrogens with zero attached hydrogens (tertiary/aromatic N) is 2. The van der Waals surface area contributed by atoms with E-state index in [-0.39, 0.29) is 43.5 Å². The van der Waals surface area contributed by atoms with Crippen LogP contribution in [0.1, 0.15) is 89.8 Å². The zero-order valence-electron chi connectivity index (χ0n) is 26.4. The van der Waals surface area contributed by atoms with Crippen LogP contribution >= 0.6 is 0 Å². The number of fused-ring (bicyclic) bond motifs is 4. The Morgan fingerprint density at radius 2 is 1.56 bits per heavy atom. The molecule has 2 heterocycles. The molecule has 2 aromatic heterocycles. The minimum atomic E-state index is 0. The first-order chi connectivity index (χ1) is 20.3. The maximum absolute atomic E-state index is 11.7. The summed E-state index contributed by atoms with van der Waals surface area (Å²) in [5, 5.41) is 12.2. The number of hydrogen-bond donors (Lipinski definition) is 1. The van der Waals surface area contributed by atoms with Crippen LogP contribution in [-0.4, -0.2) is 20.9 Å². The van der Waals surface area contributed by atoms with Gasteiger partial charge in [0.2, 0.25) is 0 Å². The first kappa shape index (κ1) is 34.4. The standard InChI is InChI=1S/C25H21N2.C13H24O2.Ir/c1-16(2)23-15-19(14-18-6-3-4-8-20(18)23)25-21-10-9-17-7-5-12-26-24(17)22(21)11-13-27-25;1-5-10(6-2)12(14)9-13(15)11(7-3)8-4;/h3-8,11-13,15-16H,9-10H2,1-2H3;9-11,14H,5-8H2,1-4H3;/q-1;;/b;12-9-;. The number of ketones is 1. The van der Waals surface area contributed by atoms with E-state index in [4.69, 9.17) is 4.98 Å². The molecule has 4 nitrogen and oxygen atoms in total. The molecular weight excluding hydrogens is 709 g/mol. The van der Waals surface area contributed by atoms with Gasteiger partial charge in [0.1, 0.15) is 0 Å². The van der Waals surface area contributed by atoms with E-state index in [1.165, 1.54) is 33.7 Å². The summed E-state index contributed by atoms with van der Waals surface area (Å²) in [6, 6.07) is 20.8. The van der Waals surface area contributed by atoms with Gasteiger partial charge in [0.15, 0.2) is 5.78 Å². The molecule has 1 N–H and O–H groups in total. The van der Waals surface area contributed by atoms with E-state index in [0.717, 1.165) is 60.9 Å². The Balaban J connectivity index is 0.000000274. The number of aryl methyl sites for hydroxylation is 1. The molecule has 1 aliphatic rings. The SMILES string of the molecule is CC(C)c1cc(-c2nccc3c2CCc2cccnc2-3)[c-]c2ccccc12.CCC(CC)C(=O)/C=C(\O)C(CC)CC.[Ir]. The number of rotatable bonds is 9. The molecular formula is C38H45IrN2O2-. The first-order valence-corrected chi connectivity index (χ1v) is 15.6. The van der Waals surface area contributed by atoms with Gasteiger partial charge in [0, 0.05) is 56.1 Å². The number of aliphatic hydroxyl groups excluding tert-OH is 1. The Kier molecular flexibility index (Phi) is 12.8. The monoisotopic (exact) mass is 754 g/mol. The second-order valence-corrected chi connectivity index (χ2v) is 11.5. The number of carbonyl (C=O) groups is 1. The molecule has 229 valence electrons. The predicted molar refractivity (Wildman–Crippen MR) is 175 cm³/mol. The van der Waals surface area contributed by atoms with Crippen molar-refractivity contribution in [1.82, 2.24) is 9.97 Å². The predicted octanol–water partition coefficient (Wildman–Crippen LogP) is 9.85. The molecule has 5 rings (SSSR count). The van der Waals surface area contributed by atoms with E-state index in [2.05, 4.69) is 67.4 Å². The number of benzene rings is 2. The maximum Gasteiger partial charge on any atom is 0.162 e. The number of aromatic nitrogens is 2. The van der Waals surface area contributed by atoms with E-state index in [9.17, 15) is 9.90 Å². The molecule has 0 spiro atoms. The van der Waals surface area contributed by atoms with E-state index in [1.807, 2.05) is 46.2 Å². The normalized spacial score (nSPS) is 12.4. The second-order valence-electron chi connectivity index (χ2n) is 11.5. The van der Waals surface area contributed by atoms with Crippen LogP contribution in [0.4, 0.5) is 0 Å². The first-order valence-electron chi connectivity index (χ1n) is 15.6. The number of allylic oxidation sites excluding steroid dienone is 2. The minimum absolute atomic E-state index is 0. The van der Waals surface area contributed by atoms with E-state index in [1.54, 1.807) is 0 Å². The summed E-state index contributed by atoms with van der Waals surface area (Å²) in [7, 11) is 0. The smallest absolute Gasteiger partial charge is 0.162 e. The van der Waals surface area contributed by atoms with Gasteiger partial charge in [-0.2, -0.15) is 0 Å². The van der Waals surface area contributed by atoms with Crippen molar-refractivity contribution in [3.8, 4) is 22.5 Å². The summed E-state index contributed by atoms with van der Waals surface area (Å²) in [5.74, 6) is 0.997. The van der Waals surface area contributed by atoms with E-state index < -0.39 is 0 Å². The molecule has 4 aromatic rings. The van der Waals surface area contributed by atoms with Crippen LogP contribution < -0.4 is 0 Å². The van der Waals surface area contributed by atoms with Crippen molar-refractivity contribution in [2.45, 2.75) is 86.0 Å². The second kappa shape index (κ2) is 16.1. The summed E-state index contributed by atoms with van der Waals surface area (Å²) in [5.41, 5.74) is 8.44. The fourth-order valence-electron chi connectivity index (χ4n) is 5.98. The number of hydrogen-bond acceptors (Lipinski definition) is 4. The van der Waals surface area contributed by atoms with Crippen LogP contribution in [0.15, 0.2) is 72.8 Å². The third-order valence-corrected chi connectivity index (χ3v) is 8.61. The van der Waals surface area contributed by atoms with Gasteiger partial charge in [-0.05, 0) is 73.3 Å². The fraction of sp³-hybridized carbons (Fsp3) is 0.395. The molecule has 0 bridgehead atoms. The van der Waals surface area contributed by atoms with Crippen molar-refractivity contribution in [3.05, 3.63) is 95.5 Å². The molecule has 43 heavy (non-hydrogen) atoms. The van der Waals surface area contributed by atoms with Crippen LogP contribution in [0.2, 0.25) is 0 Å². The molecule has 1 aliphatic carbocycles. The van der Waals surface area contributed by atoms with Crippen molar-refractivity contribution >= 4 is 16.6 Å². The maximum atomic E-state index is 11.7. The summed E-state index contributed by atoms with van der Waals surface area (Å²) in [6.45, 7) is 12.6. The van der Waals surface area contributed by atoms with Gasteiger partial charge in [0.25, 0.3) is 0 Å². The van der Waals surface area contributed by atoms with Gasteiger partial charge in [-0.3, -0.25) is 14.8 Å². The molecule has 0 amide bonds. The largest absolute Gasteiger partial charge is 0.512 e. The third-order valence-electron chi connectivity index (χ3n) is 8.61. The van der Waals surface area contributed by atoms with Gasteiger partial charge in [0.05, 0.1) is 11.5 Å². The Hall–Kier alpha value is -3.14. The fourth-order valence-corrected chi connectivity index (χ4v) is 5.98. The van der Waals surface area contributed by atoms with Gasteiger partial charge in [-0.15, -0.1) is 29.1 Å². The van der Waals surface area contributed by atoms with Crippen LogP contribution in [0, 0.1) is 17.9 Å². The van der Waals surface area contributed by atoms with E-state index >= 15 is 0 Å². The van der Waals surface area contributed by atoms with Gasteiger partial charge in [-0.1, -0.05) is 76.8 Å². The molecule has 0 saturated heterocycles. The minimum Gasteiger partial charge on any atom is -0.512 e. The van der Waals surface area contributed by atoms with Crippen molar-refractivity contribution in [3.63, 3.8) is 0 Å². The average Bonchev–Trinajstić information content (AvgIpc) is 3.01. The van der Waals surface area contributed by atoms with Crippen molar-refractivity contribution in [2.75, 3.05) is 0 Å². The molecule has 1 radical (unpaired) electrons. The summed E-state index contributed by atoms with van der Waals surface area (Å²) < 4.78 is 0. The van der Waals surface area contributed by atoms with Crippen molar-refractivity contribution in [2.24, 2.45) is 11.8 Å². The third kappa shape index (κ3) is 7.88. The molecule has 0 saturated carbocycles. The molecule has 0 fully saturated rings. The molecule has 0 atom stereocenters. The van der Waals surface area contributed by atoms with Crippen molar-refractivity contribution < 1.29 is 30.0 Å². The molecule has 5 heteroatoms. The number of pyridine rings is 2. The van der Waals surface area contributed by atoms with E-state index in [0.29, 0.717) is 5.92 Å². The van der Waals surface area contributed by atoms with Crippen LogP contribution in [0.25, 0.3) is 33.3 Å². The summed E-state index contributed by atoms with van der Waals surface area (Å²) in [6.07, 6.45) is 10.7. The summed E-state index contributed by atoms with van der Waals surface area (Å²) in [4.78, 5) is 21.2. The van der Waals surface area contributed by atoms with Gasteiger partial charge < -0.3 is 5.11 Å². The average molecular weight is 754 g/mol. The van der Waals surface area contributed by atoms with Crippen LogP contribution in [0.3, 0.4) is 0 Å². The number of carbonyl (C=O) groups excluding carboxylic acids is 1. The number of aliphatic hydroxyl groups is 1. The topological polar surface area (TPSA) is 63.1 Å².